The predicted octanol–water partition coefficient (Wildman–Crippen LogP) is 5.70. The van der Waals surface area contributed by atoms with Gasteiger partial charge in [-0.25, -0.2) is 0 Å². The first kappa shape index (κ1) is 14.1. The zero-order valence-electron chi connectivity index (χ0n) is 11.6. The Labute approximate surface area is 142 Å². The highest BCUT2D eigenvalue weighted by Gasteiger charge is 2.25. The van der Waals surface area contributed by atoms with Crippen molar-refractivity contribution in [3.63, 3.8) is 0 Å². The molecular weight excluding hydrogens is 368 g/mol. The van der Waals surface area contributed by atoms with Gasteiger partial charge in [0.25, 0.3) is 0 Å². The average Bonchev–Trinajstić information content (AvgIpc) is 3.11. The van der Waals surface area contributed by atoms with Crippen molar-refractivity contribution >= 4 is 38.9 Å². The number of hydrogen-bond donors (Lipinski definition) is 0. The highest BCUT2D eigenvalue weighted by molar-refractivity contribution is 9.09. The number of thiophene rings is 1. The molecule has 0 radical (unpaired) electrons. The molecule has 0 bridgehead atoms. The van der Waals surface area contributed by atoms with Crippen LogP contribution in [-0.2, 0) is 19.3 Å². The molecule has 0 N–H and O–H groups in total. The minimum atomic E-state index is 0.179. The van der Waals surface area contributed by atoms with Gasteiger partial charge in [-0.1, -0.05) is 27.5 Å². The molecule has 0 saturated heterocycles. The Morgan fingerprint density at radius 2 is 1.95 bits per heavy atom. The number of halogens is 2. The maximum Gasteiger partial charge on any atom is 0.127 e. The lowest BCUT2D eigenvalue weighted by Gasteiger charge is -2.13. The van der Waals surface area contributed by atoms with Crippen LogP contribution in [0.3, 0.4) is 0 Å². The van der Waals surface area contributed by atoms with Gasteiger partial charge in [0, 0.05) is 26.8 Å². The van der Waals surface area contributed by atoms with Gasteiger partial charge in [0.1, 0.15) is 5.75 Å². The van der Waals surface area contributed by atoms with Crippen LogP contribution in [0.1, 0.15) is 44.1 Å². The van der Waals surface area contributed by atoms with Gasteiger partial charge in [-0.05, 0) is 55.0 Å². The molecule has 2 aromatic rings. The second-order valence-corrected chi connectivity index (χ2v) is 8.27. The van der Waals surface area contributed by atoms with Crippen LogP contribution in [0.25, 0.3) is 0 Å². The Balaban J connectivity index is 1.75. The Morgan fingerprint density at radius 1 is 1.10 bits per heavy atom. The lowest BCUT2D eigenvalue weighted by Crippen LogP contribution is -1.97. The zero-order valence-corrected chi connectivity index (χ0v) is 14.8. The van der Waals surface area contributed by atoms with Gasteiger partial charge in [0.2, 0.25) is 0 Å². The molecule has 0 fully saturated rings. The summed E-state index contributed by atoms with van der Waals surface area (Å²) in [4.78, 5) is 3.13. The third kappa shape index (κ3) is 2.54. The monoisotopic (exact) mass is 382 g/mol. The number of aryl methyl sites for hydroxylation is 2. The van der Waals surface area contributed by atoms with Gasteiger partial charge in [-0.3, -0.25) is 0 Å². The normalized spacial score (nSPS) is 18.0. The van der Waals surface area contributed by atoms with E-state index in [2.05, 4.69) is 22.0 Å². The quantitative estimate of drug-likeness (QED) is 0.604. The molecule has 21 heavy (non-hydrogen) atoms. The second-order valence-electron chi connectivity index (χ2n) is 5.75. The smallest absolute Gasteiger partial charge is 0.127 e. The highest BCUT2D eigenvalue weighted by Crippen LogP contribution is 2.45. The van der Waals surface area contributed by atoms with E-state index in [0.29, 0.717) is 0 Å². The van der Waals surface area contributed by atoms with Gasteiger partial charge in [-0.15, -0.1) is 11.3 Å². The van der Waals surface area contributed by atoms with Crippen molar-refractivity contribution in [2.45, 2.75) is 36.9 Å². The third-order valence-corrected chi connectivity index (χ3v) is 7.13. The van der Waals surface area contributed by atoms with E-state index in [4.69, 9.17) is 16.3 Å². The van der Waals surface area contributed by atoms with Crippen LogP contribution in [0.5, 0.6) is 5.75 Å². The van der Waals surface area contributed by atoms with Crippen LogP contribution in [-0.4, -0.2) is 6.61 Å². The summed E-state index contributed by atoms with van der Waals surface area (Å²) < 4.78 is 5.85. The van der Waals surface area contributed by atoms with Crippen molar-refractivity contribution in [3.05, 3.63) is 49.7 Å². The zero-order chi connectivity index (χ0) is 14.4. The number of ether oxygens (including phenoxy) is 1. The molecular formula is C17H16BrClOS. The first-order valence-electron chi connectivity index (χ1n) is 7.43. The third-order valence-electron chi connectivity index (χ3n) is 4.32. The summed E-state index contributed by atoms with van der Waals surface area (Å²) in [5.41, 5.74) is 3.96. The number of rotatable bonds is 2. The predicted molar refractivity (Wildman–Crippen MR) is 92.4 cm³/mol. The molecule has 1 unspecified atom stereocenters. The average molecular weight is 384 g/mol. The van der Waals surface area contributed by atoms with E-state index < -0.39 is 0 Å². The van der Waals surface area contributed by atoms with Crippen LogP contribution in [0.15, 0.2) is 18.2 Å². The van der Waals surface area contributed by atoms with Crippen molar-refractivity contribution in [3.8, 4) is 5.75 Å². The Hall–Kier alpha value is -0.510. The fourth-order valence-corrected chi connectivity index (χ4v) is 5.53. The van der Waals surface area contributed by atoms with Crippen LogP contribution in [0, 0.1) is 0 Å². The van der Waals surface area contributed by atoms with E-state index in [1.54, 1.807) is 10.4 Å². The summed E-state index contributed by atoms with van der Waals surface area (Å²) in [6.45, 7) is 0.767. The van der Waals surface area contributed by atoms with Crippen molar-refractivity contribution in [2.24, 2.45) is 0 Å². The summed E-state index contributed by atoms with van der Waals surface area (Å²) in [5.74, 6) is 1.03. The van der Waals surface area contributed by atoms with Gasteiger partial charge in [0.05, 0.1) is 11.4 Å². The van der Waals surface area contributed by atoms with E-state index in [-0.39, 0.29) is 4.83 Å². The van der Waals surface area contributed by atoms with Crippen molar-refractivity contribution in [2.75, 3.05) is 6.61 Å². The largest absolute Gasteiger partial charge is 0.493 e. The van der Waals surface area contributed by atoms with E-state index in [1.807, 2.05) is 23.5 Å². The van der Waals surface area contributed by atoms with Crippen molar-refractivity contribution in [1.29, 1.82) is 0 Å². The maximum atomic E-state index is 6.29. The lowest BCUT2D eigenvalue weighted by atomic mass is 9.98. The molecule has 1 aliphatic heterocycles. The second kappa shape index (κ2) is 5.60. The highest BCUT2D eigenvalue weighted by atomic mass is 79.9. The SMILES string of the molecule is Clc1cc2c(c(C(Br)c3cc4c(s3)CCCC4)c1)OCC2. The van der Waals surface area contributed by atoms with Crippen molar-refractivity contribution in [1.82, 2.24) is 0 Å². The van der Waals surface area contributed by atoms with E-state index in [1.165, 1.54) is 41.7 Å². The number of benzene rings is 1. The Kier molecular flexibility index (Phi) is 3.76. The summed E-state index contributed by atoms with van der Waals surface area (Å²) in [5, 5.41) is 0.806. The topological polar surface area (TPSA) is 9.23 Å². The van der Waals surface area contributed by atoms with Gasteiger partial charge >= 0.3 is 0 Å². The molecule has 0 saturated carbocycles. The standard InChI is InChI=1S/C17H16BrClOS/c18-16(15-8-10-3-1-2-4-14(10)21-15)13-9-12(19)7-11-5-6-20-17(11)13/h7-9,16H,1-6H2. The van der Waals surface area contributed by atoms with E-state index >= 15 is 0 Å². The molecule has 1 aromatic heterocycles. The van der Waals surface area contributed by atoms with Crippen molar-refractivity contribution < 1.29 is 4.74 Å². The molecule has 1 aliphatic carbocycles. The molecule has 1 atom stereocenters. The van der Waals surface area contributed by atoms with Gasteiger partial charge in [-0.2, -0.15) is 0 Å². The first-order chi connectivity index (χ1) is 10.2. The molecule has 4 heteroatoms. The summed E-state index contributed by atoms with van der Waals surface area (Å²) in [6.07, 6.45) is 6.09. The molecule has 4 rings (SSSR count). The number of hydrogen-bond acceptors (Lipinski definition) is 2. The number of alkyl halides is 1. The fraction of sp³-hybridized carbons (Fsp3) is 0.412. The lowest BCUT2D eigenvalue weighted by molar-refractivity contribution is 0.354. The molecule has 1 nitrogen and oxygen atoms in total. The maximum absolute atomic E-state index is 6.29. The van der Waals surface area contributed by atoms with Crippen LogP contribution >= 0.6 is 38.9 Å². The fourth-order valence-electron chi connectivity index (χ4n) is 3.28. The summed E-state index contributed by atoms with van der Waals surface area (Å²) in [6, 6.07) is 6.46. The molecule has 2 heterocycles. The summed E-state index contributed by atoms with van der Waals surface area (Å²) in [7, 11) is 0. The molecule has 2 aliphatic rings. The Bertz CT molecular complexity index is 671. The first-order valence-corrected chi connectivity index (χ1v) is 9.54. The Morgan fingerprint density at radius 3 is 2.81 bits per heavy atom. The molecule has 0 spiro atoms. The minimum Gasteiger partial charge on any atom is -0.493 e. The van der Waals surface area contributed by atoms with Crippen LogP contribution in [0.2, 0.25) is 5.02 Å². The van der Waals surface area contributed by atoms with Crippen LogP contribution in [0.4, 0.5) is 0 Å². The van der Waals surface area contributed by atoms with Gasteiger partial charge in [0.15, 0.2) is 0 Å². The van der Waals surface area contributed by atoms with Crippen LogP contribution < -0.4 is 4.74 Å². The summed E-state index contributed by atoms with van der Waals surface area (Å²) >= 11 is 12.1. The minimum absolute atomic E-state index is 0.179. The van der Waals surface area contributed by atoms with E-state index in [9.17, 15) is 0 Å². The molecule has 110 valence electrons. The molecule has 1 aromatic carbocycles. The number of fused-ring (bicyclic) bond motifs is 2. The molecule has 0 amide bonds. The van der Waals surface area contributed by atoms with E-state index in [0.717, 1.165) is 23.8 Å². The van der Waals surface area contributed by atoms with Gasteiger partial charge < -0.3 is 4.74 Å².